The van der Waals surface area contributed by atoms with Crippen LogP contribution in [-0.4, -0.2) is 25.6 Å². The van der Waals surface area contributed by atoms with Gasteiger partial charge < -0.3 is 19.5 Å². The molecule has 0 atom stereocenters. The van der Waals surface area contributed by atoms with E-state index in [1.807, 2.05) is 43.3 Å². The quantitative estimate of drug-likeness (QED) is 0.0949. The molecule has 7 nitrogen and oxygen atoms in total. The number of nitrogens with one attached hydrogen (secondary N) is 1. The maximum Gasteiger partial charge on any atom is 0.337 e. The van der Waals surface area contributed by atoms with Crippen molar-refractivity contribution in [1.29, 1.82) is 5.26 Å². The van der Waals surface area contributed by atoms with Gasteiger partial charge in [0.05, 0.1) is 22.9 Å². The molecule has 0 spiro atoms. The molecule has 0 radical (unpaired) electrons. The molecule has 1 amide bonds. The summed E-state index contributed by atoms with van der Waals surface area (Å²) in [7, 11) is 1.30. The molecule has 8 heteroatoms. The first-order valence-corrected chi connectivity index (χ1v) is 13.2. The highest BCUT2D eigenvalue weighted by atomic mass is 127. The number of hydrogen-bond acceptors (Lipinski definition) is 6. The maximum absolute atomic E-state index is 12.8. The van der Waals surface area contributed by atoms with E-state index in [0.717, 1.165) is 19.9 Å². The average molecular weight is 632 g/mol. The molecule has 0 aliphatic rings. The van der Waals surface area contributed by atoms with Crippen LogP contribution in [0.15, 0.2) is 84.4 Å². The summed E-state index contributed by atoms with van der Waals surface area (Å²) in [6, 6.07) is 26.0. The van der Waals surface area contributed by atoms with E-state index in [4.69, 9.17) is 9.47 Å². The molecule has 0 aromatic heterocycles. The zero-order valence-electron chi connectivity index (χ0n) is 21.4. The Morgan fingerprint density at radius 1 is 1.00 bits per heavy atom. The summed E-state index contributed by atoms with van der Waals surface area (Å²) in [4.78, 5) is 24.4. The van der Waals surface area contributed by atoms with Crippen LogP contribution in [0.3, 0.4) is 0 Å². The molecule has 0 saturated carbocycles. The molecule has 4 aromatic carbocycles. The molecule has 0 aliphatic heterocycles. The van der Waals surface area contributed by atoms with Gasteiger partial charge in [-0.25, -0.2) is 4.79 Å². The Morgan fingerprint density at radius 3 is 2.46 bits per heavy atom. The summed E-state index contributed by atoms with van der Waals surface area (Å²) in [6.45, 7) is 2.65. The summed E-state index contributed by atoms with van der Waals surface area (Å²) < 4.78 is 17.6. The number of nitrogens with zero attached hydrogens (tertiary/aromatic N) is 1. The van der Waals surface area contributed by atoms with Crippen LogP contribution in [-0.2, 0) is 16.1 Å². The summed E-state index contributed by atoms with van der Waals surface area (Å²) in [6.07, 6.45) is 1.50. The first-order chi connectivity index (χ1) is 18.9. The van der Waals surface area contributed by atoms with E-state index in [1.54, 1.807) is 18.2 Å². The van der Waals surface area contributed by atoms with Gasteiger partial charge in [-0.15, -0.1) is 0 Å². The van der Waals surface area contributed by atoms with Gasteiger partial charge in [-0.1, -0.05) is 42.5 Å². The minimum absolute atomic E-state index is 0.0882. The zero-order chi connectivity index (χ0) is 27.8. The van der Waals surface area contributed by atoms with Gasteiger partial charge in [0.15, 0.2) is 11.5 Å². The lowest BCUT2D eigenvalue weighted by atomic mass is 10.1. The third-order valence-corrected chi connectivity index (χ3v) is 6.62. The van der Waals surface area contributed by atoms with Crippen LogP contribution in [0.2, 0.25) is 0 Å². The van der Waals surface area contributed by atoms with Crippen molar-refractivity contribution >= 4 is 57.0 Å². The fourth-order valence-corrected chi connectivity index (χ4v) is 4.74. The van der Waals surface area contributed by atoms with Crippen LogP contribution < -0.4 is 14.8 Å². The zero-order valence-corrected chi connectivity index (χ0v) is 23.5. The molecular formula is C31H25IN2O5. The Kier molecular flexibility index (Phi) is 9.18. The SMILES string of the molecule is CCOc1cc(/C=C(\C#N)C(=O)Nc2ccc(C(=O)OC)cc2)cc(I)c1OCc1cccc2ccccc12. The van der Waals surface area contributed by atoms with Gasteiger partial charge in [-0.3, -0.25) is 4.79 Å². The number of carbonyl (C=O) groups excluding carboxylic acids is 2. The van der Waals surface area contributed by atoms with E-state index in [2.05, 4.69) is 50.8 Å². The van der Waals surface area contributed by atoms with Crippen LogP contribution in [0.4, 0.5) is 5.69 Å². The van der Waals surface area contributed by atoms with Crippen molar-refractivity contribution in [2.75, 3.05) is 19.0 Å². The molecule has 0 aliphatic carbocycles. The number of rotatable bonds is 9. The molecule has 1 N–H and O–H groups in total. The number of ether oxygens (including phenoxy) is 3. The van der Waals surface area contributed by atoms with E-state index in [-0.39, 0.29) is 5.57 Å². The lowest BCUT2D eigenvalue weighted by Crippen LogP contribution is -2.13. The molecule has 0 unspecified atom stereocenters. The van der Waals surface area contributed by atoms with Gasteiger partial charge in [0.2, 0.25) is 0 Å². The fraction of sp³-hybridized carbons (Fsp3) is 0.129. The molecule has 4 aromatic rings. The Bertz CT molecular complexity index is 1580. The molecule has 0 fully saturated rings. The Morgan fingerprint density at radius 2 is 1.74 bits per heavy atom. The van der Waals surface area contributed by atoms with Crippen molar-refractivity contribution in [1.82, 2.24) is 0 Å². The largest absolute Gasteiger partial charge is 0.490 e. The monoisotopic (exact) mass is 632 g/mol. The molecule has 196 valence electrons. The van der Waals surface area contributed by atoms with Crippen LogP contribution in [0.25, 0.3) is 16.8 Å². The molecule has 0 heterocycles. The van der Waals surface area contributed by atoms with Crippen molar-refractivity contribution < 1.29 is 23.8 Å². The van der Waals surface area contributed by atoms with Crippen LogP contribution in [0.5, 0.6) is 11.5 Å². The predicted octanol–water partition coefficient (Wildman–Crippen LogP) is 6.75. The fourth-order valence-electron chi connectivity index (χ4n) is 3.96. The summed E-state index contributed by atoms with van der Waals surface area (Å²) in [5.41, 5.74) is 2.38. The first kappa shape index (κ1) is 27.7. The molecule has 4 rings (SSSR count). The summed E-state index contributed by atoms with van der Waals surface area (Å²) in [5, 5.41) is 14.6. The second kappa shape index (κ2) is 12.9. The highest BCUT2D eigenvalue weighted by molar-refractivity contribution is 14.1. The van der Waals surface area contributed by atoms with Crippen molar-refractivity contribution in [3.8, 4) is 17.6 Å². The molecule has 39 heavy (non-hydrogen) atoms. The lowest BCUT2D eigenvalue weighted by Gasteiger charge is -2.16. The number of amides is 1. The molecule has 0 saturated heterocycles. The van der Waals surface area contributed by atoms with Gasteiger partial charge in [0, 0.05) is 5.69 Å². The molecule has 0 bridgehead atoms. The van der Waals surface area contributed by atoms with E-state index < -0.39 is 11.9 Å². The van der Waals surface area contributed by atoms with E-state index in [1.165, 1.54) is 25.3 Å². The van der Waals surface area contributed by atoms with E-state index >= 15 is 0 Å². The highest BCUT2D eigenvalue weighted by Crippen LogP contribution is 2.36. The van der Waals surface area contributed by atoms with E-state index in [9.17, 15) is 14.9 Å². The minimum atomic E-state index is -0.576. The standard InChI is InChI=1S/C31H25IN2O5/c1-3-38-28-17-20(15-24(18-33)30(35)34-25-13-11-22(12-14-25)31(36)37-2)16-27(32)29(28)39-19-23-9-6-8-21-7-4-5-10-26(21)23/h4-17H,3,19H2,1-2H3,(H,34,35)/b24-15+. The Hall–Kier alpha value is -4.36. The first-order valence-electron chi connectivity index (χ1n) is 12.1. The minimum Gasteiger partial charge on any atom is -0.490 e. The Balaban J connectivity index is 1.55. The number of anilines is 1. The van der Waals surface area contributed by atoms with Crippen molar-refractivity contribution in [2.45, 2.75) is 13.5 Å². The van der Waals surface area contributed by atoms with Crippen molar-refractivity contribution in [3.63, 3.8) is 0 Å². The number of hydrogen-bond donors (Lipinski definition) is 1. The van der Waals surface area contributed by atoms with Crippen LogP contribution >= 0.6 is 22.6 Å². The topological polar surface area (TPSA) is 97.7 Å². The predicted molar refractivity (Wildman–Crippen MR) is 159 cm³/mol. The average Bonchev–Trinajstić information content (AvgIpc) is 2.95. The normalized spacial score (nSPS) is 11.0. The van der Waals surface area contributed by atoms with Gasteiger partial charge in [-0.2, -0.15) is 5.26 Å². The van der Waals surface area contributed by atoms with Crippen molar-refractivity contribution in [2.24, 2.45) is 0 Å². The third-order valence-electron chi connectivity index (χ3n) is 5.82. The maximum atomic E-state index is 12.8. The molecular weight excluding hydrogens is 607 g/mol. The summed E-state index contributed by atoms with van der Waals surface area (Å²) in [5.74, 6) is 0.0606. The summed E-state index contributed by atoms with van der Waals surface area (Å²) >= 11 is 2.16. The number of benzene rings is 4. The highest BCUT2D eigenvalue weighted by Gasteiger charge is 2.15. The van der Waals surface area contributed by atoms with E-state index in [0.29, 0.717) is 41.5 Å². The Labute approximate surface area is 240 Å². The second-order valence-electron chi connectivity index (χ2n) is 8.38. The number of halogens is 1. The second-order valence-corrected chi connectivity index (χ2v) is 9.55. The van der Waals surface area contributed by atoms with Gasteiger partial charge in [-0.05, 0) is 93.9 Å². The number of carbonyl (C=O) groups is 2. The smallest absolute Gasteiger partial charge is 0.337 e. The number of esters is 1. The third kappa shape index (κ3) is 6.75. The number of nitriles is 1. The van der Waals surface area contributed by atoms with Crippen LogP contribution in [0, 0.1) is 14.9 Å². The number of methoxy groups -OCH3 is 1. The van der Waals surface area contributed by atoms with Crippen molar-refractivity contribution in [3.05, 3.63) is 105 Å². The number of fused-ring (bicyclic) bond motifs is 1. The van der Waals surface area contributed by atoms with Crippen LogP contribution in [0.1, 0.15) is 28.4 Å². The lowest BCUT2D eigenvalue weighted by molar-refractivity contribution is -0.112. The van der Waals surface area contributed by atoms with Gasteiger partial charge in [0.1, 0.15) is 18.2 Å². The van der Waals surface area contributed by atoms with Gasteiger partial charge in [0.25, 0.3) is 5.91 Å². The van der Waals surface area contributed by atoms with Gasteiger partial charge >= 0.3 is 5.97 Å².